The van der Waals surface area contributed by atoms with Crippen LogP contribution < -0.4 is 0 Å². The fourth-order valence-electron chi connectivity index (χ4n) is 0.671. The second kappa shape index (κ2) is 16.2. The lowest BCUT2D eigenvalue weighted by Gasteiger charge is -2.13. The summed E-state index contributed by atoms with van der Waals surface area (Å²) < 4.78 is 9.56. The molecule has 0 aliphatic carbocycles. The van der Waals surface area contributed by atoms with Crippen LogP contribution in [0.5, 0.6) is 0 Å². The highest BCUT2D eigenvalue weighted by Crippen LogP contribution is 1.84. The third-order valence-electron chi connectivity index (χ3n) is 1.50. The van der Waals surface area contributed by atoms with Crippen LogP contribution in [0.25, 0.3) is 0 Å². The predicted octanol–water partition coefficient (Wildman–Crippen LogP) is 1.86. The third-order valence-corrected chi connectivity index (χ3v) is 1.94. The lowest BCUT2D eigenvalue weighted by Crippen LogP contribution is -2.21. The minimum absolute atomic E-state index is 0.611. The Morgan fingerprint density at radius 3 is 1.18 bits per heavy atom. The molecular formula is C10H21Cl2NO3S. The maximum atomic E-state index is 9.56. The molecule has 0 heterocycles. The average molecular weight is 306 g/mol. The van der Waals surface area contributed by atoms with Gasteiger partial charge in [0.1, 0.15) is 0 Å². The van der Waals surface area contributed by atoms with E-state index < -0.39 is 21.7 Å². The normalized spacial score (nSPS) is 9.06. The monoisotopic (exact) mass is 305 g/mol. The molecule has 7 heteroatoms. The van der Waals surface area contributed by atoms with Crippen molar-refractivity contribution in [1.29, 1.82) is 0 Å². The van der Waals surface area contributed by atoms with Gasteiger partial charge in [0.05, 0.1) is 12.5 Å². The minimum atomic E-state index is -1.14. The molecule has 0 fully saturated rings. The highest BCUT2D eigenvalue weighted by Gasteiger charge is 2.01. The zero-order chi connectivity index (χ0) is 14.4. The second-order valence-electron chi connectivity index (χ2n) is 2.91. The molecule has 0 rings (SSSR count). The molecule has 0 saturated heterocycles. The Hall–Kier alpha value is 0.190. The number of rotatable bonds is 4. The molecule has 0 atom stereocenters. The van der Waals surface area contributed by atoms with Crippen molar-refractivity contribution < 1.29 is 14.1 Å². The van der Waals surface area contributed by atoms with Gasteiger partial charge in [0, 0.05) is 0 Å². The van der Waals surface area contributed by atoms with E-state index in [-0.39, 0.29) is 0 Å². The molecule has 0 amide bonds. The van der Waals surface area contributed by atoms with Crippen molar-refractivity contribution >= 4 is 44.9 Å². The molecule has 0 aromatic carbocycles. The zero-order valence-corrected chi connectivity index (χ0v) is 13.3. The summed E-state index contributed by atoms with van der Waals surface area (Å²) in [5, 5.41) is -2.28. The van der Waals surface area contributed by atoms with Crippen LogP contribution in [-0.2, 0) is 20.8 Å². The van der Waals surface area contributed by atoms with Gasteiger partial charge in [-0.3, -0.25) is 9.59 Å². The lowest BCUT2D eigenvalue weighted by molar-refractivity contribution is -0.127. The first kappa shape index (κ1) is 22.4. The van der Waals surface area contributed by atoms with Gasteiger partial charge in [-0.1, -0.05) is 31.9 Å². The summed E-state index contributed by atoms with van der Waals surface area (Å²) in [6.45, 7) is 10.1. The van der Waals surface area contributed by atoms with E-state index in [1.54, 1.807) is 12.5 Å². The highest BCUT2D eigenvalue weighted by molar-refractivity contribution is 7.89. The van der Waals surface area contributed by atoms with E-state index in [4.69, 9.17) is 0 Å². The number of nitrogens with zero attached hydrogens (tertiary/aromatic N) is 1. The van der Waals surface area contributed by atoms with Gasteiger partial charge in [-0.2, -0.15) is 0 Å². The molecule has 0 N–H and O–H groups in total. The quantitative estimate of drug-likeness (QED) is 0.452. The Labute approximate surface area is 117 Å². The van der Waals surface area contributed by atoms with Crippen molar-refractivity contribution in [3.05, 3.63) is 0 Å². The fraction of sp³-hybridized carbons (Fsp3) is 0.800. The summed E-state index contributed by atoms with van der Waals surface area (Å²) in [5.74, 6) is 0. The second-order valence-corrected chi connectivity index (χ2v) is 5.08. The Morgan fingerprint density at radius 1 is 1.00 bits per heavy atom. The molecule has 0 aromatic rings. The van der Waals surface area contributed by atoms with E-state index in [9.17, 15) is 14.1 Å². The van der Waals surface area contributed by atoms with Gasteiger partial charge in [-0.05, 0) is 42.8 Å². The molecule has 0 aliphatic heterocycles. The van der Waals surface area contributed by atoms with Gasteiger partial charge in [-0.15, -0.1) is 0 Å². The number of carbonyl (C=O) groups is 2. The molecule has 0 unspecified atom stereocenters. The van der Waals surface area contributed by atoms with Crippen molar-refractivity contribution in [2.75, 3.05) is 32.1 Å². The molecule has 0 bridgehead atoms. The molecule has 0 saturated carbocycles. The fourth-order valence-corrected chi connectivity index (χ4v) is 0.671. The van der Waals surface area contributed by atoms with E-state index in [1.165, 1.54) is 19.6 Å². The van der Waals surface area contributed by atoms with Crippen molar-refractivity contribution in [3.63, 3.8) is 0 Å². The molecule has 104 valence electrons. The summed E-state index contributed by atoms with van der Waals surface area (Å²) >= 11 is 8.37. The molecule has 0 spiro atoms. The number of hydrogen-bond acceptors (Lipinski definition) is 4. The van der Waals surface area contributed by atoms with E-state index in [1.807, 2.05) is 0 Å². The van der Waals surface area contributed by atoms with Gasteiger partial charge in [0.2, 0.25) is 0 Å². The molecule has 0 aromatic heterocycles. The Kier molecular flexibility index (Phi) is 21.3. The van der Waals surface area contributed by atoms with Crippen molar-refractivity contribution in [3.8, 4) is 0 Å². The zero-order valence-electron chi connectivity index (χ0n) is 11.0. The molecule has 4 nitrogen and oxygen atoms in total. The average Bonchev–Trinajstić information content (AvgIpc) is 2.20. The van der Waals surface area contributed by atoms with Crippen LogP contribution in [0.2, 0.25) is 0 Å². The molecule has 0 radical (unpaired) electrons. The Morgan fingerprint density at radius 2 is 1.18 bits per heavy atom. The number of halogens is 2. The van der Waals surface area contributed by atoms with Crippen molar-refractivity contribution in [2.24, 2.45) is 0 Å². The standard InChI is InChI=1S/C6H15N.C2Cl2O2.C2H6OS/c1-4-7(5-2)6-3;3-1(5)2(4)6;1-4(2)3/h4-6H2,1-3H3;;1-2H3. The van der Waals surface area contributed by atoms with Crippen molar-refractivity contribution in [1.82, 2.24) is 4.90 Å². The molecule has 17 heavy (non-hydrogen) atoms. The third kappa shape index (κ3) is 31.4. The van der Waals surface area contributed by atoms with Crippen LogP contribution in [0.1, 0.15) is 20.8 Å². The highest BCUT2D eigenvalue weighted by atomic mass is 35.5. The first-order chi connectivity index (χ1) is 7.72. The predicted molar refractivity (Wildman–Crippen MR) is 75.2 cm³/mol. The van der Waals surface area contributed by atoms with Crippen LogP contribution >= 0.6 is 23.2 Å². The SMILES string of the molecule is CCN(CC)CC.C[S+](C)[O-].O=C(Cl)C(=O)Cl. The van der Waals surface area contributed by atoms with Gasteiger partial charge in [0.25, 0.3) is 0 Å². The largest absolute Gasteiger partial charge is 0.617 e. The summed E-state index contributed by atoms with van der Waals surface area (Å²) in [4.78, 5) is 21.2. The topological polar surface area (TPSA) is 60.4 Å². The Bertz CT molecular complexity index is 180. The maximum Gasteiger partial charge on any atom is 0.304 e. The summed E-state index contributed by atoms with van der Waals surface area (Å²) in [6, 6.07) is 0. The maximum absolute atomic E-state index is 9.56. The first-order valence-electron chi connectivity index (χ1n) is 5.09. The first-order valence-corrected chi connectivity index (χ1v) is 7.81. The van der Waals surface area contributed by atoms with Gasteiger partial charge >= 0.3 is 10.5 Å². The number of hydrogen-bond donors (Lipinski definition) is 0. The number of carbonyl (C=O) groups excluding carboxylic acids is 2. The van der Waals surface area contributed by atoms with Crippen molar-refractivity contribution in [2.45, 2.75) is 20.8 Å². The summed E-state index contributed by atoms with van der Waals surface area (Å²) in [7, 11) is 0. The van der Waals surface area contributed by atoms with Crippen LogP contribution in [-0.4, -0.2) is 52.1 Å². The summed E-state index contributed by atoms with van der Waals surface area (Å²) in [6.07, 6.45) is 3.28. The van der Waals surface area contributed by atoms with Gasteiger partial charge in [-0.25, -0.2) is 0 Å². The van der Waals surface area contributed by atoms with Crippen LogP contribution in [0.4, 0.5) is 0 Å². The van der Waals surface area contributed by atoms with E-state index in [0.29, 0.717) is 0 Å². The smallest absolute Gasteiger partial charge is 0.304 e. The lowest BCUT2D eigenvalue weighted by atomic mass is 10.5. The van der Waals surface area contributed by atoms with E-state index >= 15 is 0 Å². The minimum Gasteiger partial charge on any atom is -0.617 e. The van der Waals surface area contributed by atoms with Crippen LogP contribution in [0.15, 0.2) is 0 Å². The van der Waals surface area contributed by atoms with E-state index in [0.717, 1.165) is 0 Å². The van der Waals surface area contributed by atoms with Gasteiger partial charge < -0.3 is 9.45 Å². The molecular weight excluding hydrogens is 285 g/mol. The van der Waals surface area contributed by atoms with Crippen LogP contribution in [0.3, 0.4) is 0 Å². The van der Waals surface area contributed by atoms with Crippen LogP contribution in [0, 0.1) is 0 Å². The summed E-state index contributed by atoms with van der Waals surface area (Å²) in [5.41, 5.74) is 0. The Balaban J connectivity index is -0.000000180. The van der Waals surface area contributed by atoms with E-state index in [2.05, 4.69) is 48.9 Å². The molecule has 0 aliphatic rings. The van der Waals surface area contributed by atoms with Gasteiger partial charge in [0.15, 0.2) is 0 Å².